The van der Waals surface area contributed by atoms with E-state index in [1.807, 2.05) is 0 Å². The monoisotopic (exact) mass is 306 g/mol. The van der Waals surface area contributed by atoms with Crippen LogP contribution in [0.15, 0.2) is 0 Å². The summed E-state index contributed by atoms with van der Waals surface area (Å²) in [6.07, 6.45) is -0.467. The zero-order valence-electron chi connectivity index (χ0n) is 4.68. The van der Waals surface area contributed by atoms with Crippen molar-refractivity contribution in [2.24, 2.45) is 0 Å². The van der Waals surface area contributed by atoms with Crippen LogP contribution in [0.4, 0.5) is 13.2 Å². The molecule has 0 unspecified atom stereocenters. The van der Waals surface area contributed by atoms with Crippen molar-refractivity contribution in [3.8, 4) is 0 Å². The molecule has 0 saturated carbocycles. The van der Waals surface area contributed by atoms with Crippen LogP contribution in [-0.4, -0.2) is 14.9 Å². The van der Waals surface area contributed by atoms with Crippen molar-refractivity contribution in [3.05, 3.63) is 0 Å². The molecule has 0 heterocycles. The molecule has 0 N–H and O–H groups in total. The van der Waals surface area contributed by atoms with Crippen molar-refractivity contribution < 1.29 is 13.2 Å². The first-order valence-electron chi connectivity index (χ1n) is 2.32. The highest BCUT2D eigenvalue weighted by molar-refractivity contribution is 14.1. The molecule has 0 saturated heterocycles. The van der Waals surface area contributed by atoms with E-state index in [0.717, 1.165) is 0 Å². The molecule has 0 aromatic heterocycles. The normalized spacial score (nSPS) is 18.6. The van der Waals surface area contributed by atoms with Crippen molar-refractivity contribution in [2.75, 3.05) is 4.43 Å². The van der Waals surface area contributed by atoms with Gasteiger partial charge in [-0.3, -0.25) is 0 Å². The predicted octanol–water partition coefficient (Wildman–Crippen LogP) is 3.55. The minimum absolute atomic E-state index is 0.195. The summed E-state index contributed by atoms with van der Waals surface area (Å²) < 4.78 is 36.6. The molecule has 0 radical (unpaired) electrons. The van der Waals surface area contributed by atoms with E-state index in [1.165, 1.54) is 0 Å². The Morgan fingerprint density at radius 1 is 1.20 bits per heavy atom. The Bertz CT molecular complexity index is 112. The van der Waals surface area contributed by atoms with E-state index in [2.05, 4.69) is 11.6 Å². The largest absolute Gasteiger partial charge is 0.369 e. The lowest BCUT2D eigenvalue weighted by Crippen LogP contribution is -2.34. The van der Waals surface area contributed by atoms with Gasteiger partial charge in [0.15, 0.2) is 0 Å². The molecule has 0 fully saturated rings. The predicted molar refractivity (Wildman–Crippen MR) is 44.0 cm³/mol. The van der Waals surface area contributed by atoms with Crippen LogP contribution in [-0.2, 0) is 0 Å². The van der Waals surface area contributed by atoms with Gasteiger partial charge in [-0.1, -0.05) is 34.2 Å². The molecule has 0 rings (SSSR count). The Labute approximate surface area is 80.2 Å². The summed E-state index contributed by atoms with van der Waals surface area (Å²) in [6.45, 7) is 0. The smallest absolute Gasteiger partial charge is 0.218 e. The van der Waals surface area contributed by atoms with Gasteiger partial charge in [0.25, 0.3) is 5.13 Å². The van der Waals surface area contributed by atoms with Gasteiger partial charge in [0, 0.05) is 10.8 Å². The van der Waals surface area contributed by atoms with Gasteiger partial charge < -0.3 is 0 Å². The lowest BCUT2D eigenvalue weighted by atomic mass is 10.3. The lowest BCUT2D eigenvalue weighted by Gasteiger charge is -2.21. The average molecular weight is 307 g/mol. The fourth-order valence-corrected chi connectivity index (χ4v) is 1.51. The van der Waals surface area contributed by atoms with Crippen LogP contribution in [0, 0.1) is 0 Å². The molecule has 0 aliphatic heterocycles. The van der Waals surface area contributed by atoms with Gasteiger partial charge in [-0.25, -0.2) is 4.39 Å². The van der Waals surface area contributed by atoms with Gasteiger partial charge in [0.05, 0.1) is 0 Å². The zero-order valence-corrected chi connectivity index (χ0v) is 8.35. The van der Waals surface area contributed by atoms with Gasteiger partial charge >= 0.3 is 5.38 Å². The summed E-state index contributed by atoms with van der Waals surface area (Å²) in [4.78, 5) is 0. The van der Waals surface area contributed by atoms with E-state index in [1.54, 1.807) is 22.6 Å². The minimum Gasteiger partial charge on any atom is -0.218 e. The molecule has 0 bridgehead atoms. The van der Waals surface area contributed by atoms with E-state index >= 15 is 0 Å². The number of rotatable bonds is 3. The second kappa shape index (κ2) is 3.67. The van der Waals surface area contributed by atoms with E-state index in [9.17, 15) is 13.2 Å². The Morgan fingerprint density at radius 2 is 1.60 bits per heavy atom. The summed E-state index contributed by atoms with van der Waals surface area (Å²) in [5, 5.41) is -7.10. The standard InChI is InChI=1S/C4H4Cl2F3I/c5-3(7,1-2-10)4(6,8)9/h1-2H2/t3-/m1/s1. The molecular formula is C4H4Cl2F3I. The molecule has 0 aliphatic rings. The first kappa shape index (κ1) is 11.1. The van der Waals surface area contributed by atoms with Crippen LogP contribution >= 0.6 is 45.8 Å². The highest BCUT2D eigenvalue weighted by Crippen LogP contribution is 2.42. The maximum absolute atomic E-state index is 12.5. The Morgan fingerprint density at radius 3 is 1.70 bits per heavy atom. The third-order valence-corrected chi connectivity index (χ3v) is 2.19. The molecule has 1 atom stereocenters. The highest BCUT2D eigenvalue weighted by atomic mass is 127. The van der Waals surface area contributed by atoms with Crippen LogP contribution in [0.25, 0.3) is 0 Å². The van der Waals surface area contributed by atoms with Crippen molar-refractivity contribution >= 4 is 45.8 Å². The topological polar surface area (TPSA) is 0 Å². The van der Waals surface area contributed by atoms with Crippen LogP contribution in [0.1, 0.15) is 6.42 Å². The fraction of sp³-hybridized carbons (Fsp3) is 1.00. The molecule has 10 heavy (non-hydrogen) atoms. The molecule has 0 aromatic carbocycles. The van der Waals surface area contributed by atoms with Crippen LogP contribution < -0.4 is 0 Å². The number of alkyl halides is 6. The Kier molecular flexibility index (Phi) is 4.07. The number of halogens is 6. The fourth-order valence-electron chi connectivity index (χ4n) is 0.260. The van der Waals surface area contributed by atoms with Gasteiger partial charge in [-0.05, 0) is 11.6 Å². The van der Waals surface area contributed by atoms with E-state index in [4.69, 9.17) is 11.6 Å². The Hall–Kier alpha value is 1.10. The lowest BCUT2D eigenvalue weighted by molar-refractivity contribution is -0.0204. The van der Waals surface area contributed by atoms with Crippen LogP contribution in [0.3, 0.4) is 0 Å². The molecule has 0 aromatic rings. The van der Waals surface area contributed by atoms with Crippen LogP contribution in [0.5, 0.6) is 0 Å². The third-order valence-electron chi connectivity index (χ3n) is 0.823. The van der Waals surface area contributed by atoms with Gasteiger partial charge in [-0.2, -0.15) is 8.78 Å². The molecule has 62 valence electrons. The Balaban J connectivity index is 4.10. The molecule has 0 nitrogen and oxygen atoms in total. The second-order valence-electron chi connectivity index (χ2n) is 1.64. The van der Waals surface area contributed by atoms with Gasteiger partial charge in [-0.15, -0.1) is 0 Å². The van der Waals surface area contributed by atoms with Gasteiger partial charge in [0.1, 0.15) is 0 Å². The second-order valence-corrected chi connectivity index (χ2v) is 3.79. The molecule has 0 aliphatic carbocycles. The first-order valence-corrected chi connectivity index (χ1v) is 4.60. The molecule has 0 amide bonds. The molecule has 6 heteroatoms. The summed E-state index contributed by atoms with van der Waals surface area (Å²) in [7, 11) is 0. The quantitative estimate of drug-likeness (QED) is 0.552. The minimum atomic E-state index is -3.99. The van der Waals surface area contributed by atoms with E-state index in [0.29, 0.717) is 0 Å². The highest BCUT2D eigenvalue weighted by Gasteiger charge is 2.51. The van der Waals surface area contributed by atoms with Crippen molar-refractivity contribution in [3.63, 3.8) is 0 Å². The SMILES string of the molecule is FC(F)(Cl)[C@@](F)(Cl)CCI. The summed E-state index contributed by atoms with van der Waals surface area (Å²) in [5.41, 5.74) is 0. The van der Waals surface area contributed by atoms with Crippen molar-refractivity contribution in [1.82, 2.24) is 0 Å². The van der Waals surface area contributed by atoms with Crippen molar-refractivity contribution in [2.45, 2.75) is 16.9 Å². The summed E-state index contributed by atoms with van der Waals surface area (Å²) in [5.74, 6) is 0. The van der Waals surface area contributed by atoms with Crippen molar-refractivity contribution in [1.29, 1.82) is 0 Å². The number of hydrogen-bond acceptors (Lipinski definition) is 0. The average Bonchev–Trinajstić information content (AvgIpc) is 1.61. The van der Waals surface area contributed by atoms with Crippen LogP contribution in [0.2, 0.25) is 0 Å². The third kappa shape index (κ3) is 3.00. The van der Waals surface area contributed by atoms with E-state index < -0.39 is 16.9 Å². The molecular weight excluding hydrogens is 303 g/mol. The number of hydrogen-bond donors (Lipinski definition) is 0. The summed E-state index contributed by atoms with van der Waals surface area (Å²) >= 11 is 10.9. The summed E-state index contributed by atoms with van der Waals surface area (Å²) in [6, 6.07) is 0. The van der Waals surface area contributed by atoms with E-state index in [-0.39, 0.29) is 4.43 Å². The first-order chi connectivity index (χ1) is 4.31. The maximum Gasteiger partial charge on any atom is 0.369 e. The van der Waals surface area contributed by atoms with Gasteiger partial charge in [0.2, 0.25) is 0 Å². The molecule has 0 spiro atoms. The maximum atomic E-state index is 12.5. The zero-order chi connectivity index (χ0) is 8.41.